The molecule has 0 fully saturated rings. The highest BCUT2D eigenvalue weighted by Crippen LogP contribution is 2.15. The second-order valence-electron chi connectivity index (χ2n) is 6.34. The molecule has 0 unspecified atom stereocenters. The highest BCUT2D eigenvalue weighted by Gasteiger charge is 2.40. The van der Waals surface area contributed by atoms with Crippen LogP contribution in [0.1, 0.15) is 26.2 Å². The first kappa shape index (κ1) is 26.3. The first-order valence-corrected chi connectivity index (χ1v) is 8.83. The first-order valence-electron chi connectivity index (χ1n) is 8.83. The number of rotatable bonds is 14. The van der Waals surface area contributed by atoms with Gasteiger partial charge in [-0.3, -0.25) is 14.4 Å². The molecule has 0 aromatic carbocycles. The van der Waals surface area contributed by atoms with Crippen molar-refractivity contribution in [3.05, 3.63) is 0 Å². The second-order valence-corrected chi connectivity index (χ2v) is 6.34. The zero-order valence-electron chi connectivity index (χ0n) is 15.7. The fourth-order valence-electron chi connectivity index (χ4n) is 2.09. The first-order chi connectivity index (χ1) is 13.1. The Kier molecular flexibility index (Phi) is 12.7. The molecular formula is C16H31N3O9. The summed E-state index contributed by atoms with van der Waals surface area (Å²) in [5, 5.41) is 38.1. The van der Waals surface area contributed by atoms with E-state index in [2.05, 4.69) is 0 Å². The Balaban J connectivity index is 5.34. The molecule has 0 aromatic heterocycles. The van der Waals surface area contributed by atoms with Crippen LogP contribution in [0.4, 0.5) is 0 Å². The summed E-state index contributed by atoms with van der Waals surface area (Å²) in [6.45, 7) is 0.688. The summed E-state index contributed by atoms with van der Waals surface area (Å²) >= 11 is 0. The molecule has 0 aromatic rings. The van der Waals surface area contributed by atoms with Gasteiger partial charge in [-0.2, -0.15) is 0 Å². The molecule has 0 amide bonds. The molecular weight excluding hydrogens is 378 g/mol. The standard InChI is InChI=1S/C16H31N3O9/c1-8(22)12(19)16(26)27-11(7-21)14(13(24)10(23)6-20)28-15(25)9(18)4-2-3-5-17/h7-14,20,22-24H,2-6,17-19H2,1H3/t8-,9+,10-,11+,12+,13-,14-/m1/s1. The van der Waals surface area contributed by atoms with E-state index in [0.717, 1.165) is 0 Å². The van der Waals surface area contributed by atoms with Gasteiger partial charge in [0.1, 0.15) is 24.3 Å². The molecule has 7 atom stereocenters. The summed E-state index contributed by atoms with van der Waals surface area (Å²) < 4.78 is 9.79. The van der Waals surface area contributed by atoms with Gasteiger partial charge >= 0.3 is 11.9 Å². The molecule has 0 radical (unpaired) electrons. The van der Waals surface area contributed by atoms with Gasteiger partial charge in [0.2, 0.25) is 0 Å². The van der Waals surface area contributed by atoms with Gasteiger partial charge in [-0.05, 0) is 26.3 Å². The van der Waals surface area contributed by atoms with Crippen molar-refractivity contribution in [2.24, 2.45) is 17.2 Å². The lowest BCUT2D eigenvalue weighted by molar-refractivity contribution is -0.187. The predicted octanol–water partition coefficient (Wildman–Crippen LogP) is -4.11. The van der Waals surface area contributed by atoms with Crippen LogP contribution in [0, 0.1) is 0 Å². The fraction of sp³-hybridized carbons (Fsp3) is 0.812. The summed E-state index contributed by atoms with van der Waals surface area (Å²) in [6.07, 6.45) is -7.42. The highest BCUT2D eigenvalue weighted by atomic mass is 16.6. The van der Waals surface area contributed by atoms with Crippen molar-refractivity contribution in [1.29, 1.82) is 0 Å². The van der Waals surface area contributed by atoms with Gasteiger partial charge in [0.05, 0.1) is 12.7 Å². The normalized spacial score (nSPS) is 18.9. The number of esters is 2. The number of ether oxygens (including phenoxy) is 2. The minimum atomic E-state index is -1.98. The van der Waals surface area contributed by atoms with E-state index < -0.39 is 61.1 Å². The van der Waals surface area contributed by atoms with Crippen LogP contribution in [0.5, 0.6) is 0 Å². The summed E-state index contributed by atoms with van der Waals surface area (Å²) in [7, 11) is 0. The van der Waals surface area contributed by atoms with Gasteiger partial charge in [0.25, 0.3) is 0 Å². The van der Waals surface area contributed by atoms with Crippen LogP contribution >= 0.6 is 0 Å². The van der Waals surface area contributed by atoms with Crippen molar-refractivity contribution in [1.82, 2.24) is 0 Å². The van der Waals surface area contributed by atoms with E-state index in [1.807, 2.05) is 0 Å². The van der Waals surface area contributed by atoms with Gasteiger partial charge in [-0.15, -0.1) is 0 Å². The second kappa shape index (κ2) is 13.5. The lowest BCUT2D eigenvalue weighted by atomic mass is 10.0. The molecule has 0 heterocycles. The van der Waals surface area contributed by atoms with Crippen LogP contribution in [0.15, 0.2) is 0 Å². The number of unbranched alkanes of at least 4 members (excludes halogenated alkanes) is 1. The van der Waals surface area contributed by atoms with Gasteiger partial charge in [-0.25, -0.2) is 0 Å². The lowest BCUT2D eigenvalue weighted by Gasteiger charge is -2.30. The van der Waals surface area contributed by atoms with Crippen molar-refractivity contribution >= 4 is 18.2 Å². The third-order valence-electron chi connectivity index (χ3n) is 3.94. The molecule has 0 saturated carbocycles. The molecule has 0 spiro atoms. The summed E-state index contributed by atoms with van der Waals surface area (Å²) in [5.74, 6) is -2.22. The van der Waals surface area contributed by atoms with Gasteiger partial charge < -0.3 is 47.1 Å². The minimum absolute atomic E-state index is 0.0534. The van der Waals surface area contributed by atoms with Crippen LogP contribution in [0.3, 0.4) is 0 Å². The van der Waals surface area contributed by atoms with Crippen LogP contribution in [-0.2, 0) is 23.9 Å². The third-order valence-corrected chi connectivity index (χ3v) is 3.94. The quantitative estimate of drug-likeness (QED) is 0.0824. The number of hydrogen-bond donors (Lipinski definition) is 7. The van der Waals surface area contributed by atoms with Crippen LogP contribution in [0.2, 0.25) is 0 Å². The van der Waals surface area contributed by atoms with Crippen LogP contribution in [0.25, 0.3) is 0 Å². The number of aliphatic hydroxyl groups is 4. The molecule has 0 rings (SSSR count). The predicted molar refractivity (Wildman–Crippen MR) is 95.5 cm³/mol. The average Bonchev–Trinajstić information content (AvgIpc) is 2.68. The lowest BCUT2D eigenvalue weighted by Crippen LogP contribution is -2.53. The molecule has 0 aliphatic carbocycles. The maximum atomic E-state index is 12.2. The number of nitrogens with two attached hydrogens (primary N) is 3. The van der Waals surface area contributed by atoms with E-state index >= 15 is 0 Å². The Labute approximate surface area is 162 Å². The number of carbonyl (C=O) groups excluding carboxylic acids is 3. The summed E-state index contributed by atoms with van der Waals surface area (Å²) in [5.41, 5.74) is 16.5. The Morgan fingerprint density at radius 2 is 1.68 bits per heavy atom. The van der Waals surface area contributed by atoms with Crippen LogP contribution in [-0.4, -0.2) is 94.4 Å². The maximum absolute atomic E-state index is 12.2. The molecule has 10 N–H and O–H groups in total. The summed E-state index contributed by atoms with van der Waals surface area (Å²) in [6, 6.07) is -2.62. The Morgan fingerprint density at radius 1 is 1.07 bits per heavy atom. The van der Waals surface area contributed by atoms with E-state index in [-0.39, 0.29) is 12.7 Å². The Morgan fingerprint density at radius 3 is 2.14 bits per heavy atom. The summed E-state index contributed by atoms with van der Waals surface area (Å²) in [4.78, 5) is 35.4. The van der Waals surface area contributed by atoms with Crippen molar-refractivity contribution in [2.45, 2.75) is 68.8 Å². The fourth-order valence-corrected chi connectivity index (χ4v) is 2.09. The van der Waals surface area contributed by atoms with Crippen molar-refractivity contribution in [2.75, 3.05) is 13.2 Å². The maximum Gasteiger partial charge on any atom is 0.326 e. The number of carbonyl (C=O) groups is 3. The SMILES string of the molecule is C[C@@H](O)[C@H](N)C(=O)O[C@@H](C=O)[C@@H](OC(=O)[C@@H](N)CCCCN)[C@H](O)[C@H](O)CO. The molecule has 164 valence electrons. The largest absolute Gasteiger partial charge is 0.454 e. The number of aldehydes is 1. The molecule has 0 saturated heterocycles. The van der Waals surface area contributed by atoms with E-state index in [1.165, 1.54) is 6.92 Å². The Hall–Kier alpha value is -1.67. The zero-order chi connectivity index (χ0) is 21.9. The van der Waals surface area contributed by atoms with E-state index in [9.17, 15) is 29.7 Å². The van der Waals surface area contributed by atoms with Crippen molar-refractivity contribution < 1.29 is 44.3 Å². The van der Waals surface area contributed by atoms with Gasteiger partial charge in [0.15, 0.2) is 18.5 Å². The Bertz CT molecular complexity index is 492. The molecule has 0 aliphatic heterocycles. The smallest absolute Gasteiger partial charge is 0.326 e. The molecule has 12 nitrogen and oxygen atoms in total. The van der Waals surface area contributed by atoms with E-state index in [0.29, 0.717) is 19.4 Å². The van der Waals surface area contributed by atoms with Gasteiger partial charge in [-0.1, -0.05) is 6.42 Å². The van der Waals surface area contributed by atoms with Gasteiger partial charge in [0, 0.05) is 0 Å². The third kappa shape index (κ3) is 8.56. The number of aliphatic hydroxyl groups excluding tert-OH is 4. The molecule has 12 heteroatoms. The van der Waals surface area contributed by atoms with E-state index in [1.54, 1.807) is 0 Å². The molecule has 0 aliphatic rings. The minimum Gasteiger partial charge on any atom is -0.454 e. The van der Waals surface area contributed by atoms with Crippen molar-refractivity contribution in [3.8, 4) is 0 Å². The monoisotopic (exact) mass is 409 g/mol. The van der Waals surface area contributed by atoms with E-state index in [4.69, 9.17) is 31.8 Å². The zero-order valence-corrected chi connectivity index (χ0v) is 15.7. The number of hydrogen-bond acceptors (Lipinski definition) is 12. The average molecular weight is 409 g/mol. The molecule has 28 heavy (non-hydrogen) atoms. The molecule has 0 bridgehead atoms. The van der Waals surface area contributed by atoms with Crippen LogP contribution < -0.4 is 17.2 Å². The van der Waals surface area contributed by atoms with Crippen molar-refractivity contribution in [3.63, 3.8) is 0 Å². The topological polar surface area (TPSA) is 229 Å². The highest BCUT2D eigenvalue weighted by molar-refractivity contribution is 5.79.